The van der Waals surface area contributed by atoms with Gasteiger partial charge in [0.2, 0.25) is 0 Å². The average Bonchev–Trinajstić information content (AvgIpc) is 2.15. The van der Waals surface area contributed by atoms with Crippen LogP contribution >= 0.6 is 0 Å². The standard InChI is InChI=1S/C10H18O3/c1-8-4-2-3-5-10(8)7-12-9(11)6-13-10/h8-9,11H,2-7H2,1H3. The van der Waals surface area contributed by atoms with Crippen molar-refractivity contribution in [3.8, 4) is 0 Å². The first-order valence-electron chi connectivity index (χ1n) is 5.17. The molecule has 3 unspecified atom stereocenters. The highest BCUT2D eigenvalue weighted by atomic mass is 16.7. The molecule has 0 bridgehead atoms. The molecule has 1 saturated carbocycles. The largest absolute Gasteiger partial charge is 0.367 e. The molecule has 1 aliphatic heterocycles. The molecule has 0 amide bonds. The van der Waals surface area contributed by atoms with E-state index in [1.54, 1.807) is 0 Å². The Hall–Kier alpha value is -0.120. The Morgan fingerprint density at radius 1 is 1.38 bits per heavy atom. The fraction of sp³-hybridized carbons (Fsp3) is 1.00. The molecule has 1 aliphatic carbocycles. The van der Waals surface area contributed by atoms with Gasteiger partial charge in [0.15, 0.2) is 6.29 Å². The lowest BCUT2D eigenvalue weighted by Gasteiger charge is -2.45. The predicted octanol–water partition coefficient (Wildman–Crippen LogP) is 1.30. The SMILES string of the molecule is CC1CCCCC12COC(O)CO2. The summed E-state index contributed by atoms with van der Waals surface area (Å²) in [6.45, 7) is 3.12. The highest BCUT2D eigenvalue weighted by Gasteiger charge is 2.42. The number of hydrogen-bond acceptors (Lipinski definition) is 3. The molecular weight excluding hydrogens is 168 g/mol. The van der Waals surface area contributed by atoms with Crippen LogP contribution in [0.25, 0.3) is 0 Å². The van der Waals surface area contributed by atoms with Gasteiger partial charge in [-0.2, -0.15) is 0 Å². The van der Waals surface area contributed by atoms with Crippen molar-refractivity contribution < 1.29 is 14.6 Å². The zero-order valence-corrected chi connectivity index (χ0v) is 8.16. The fourth-order valence-corrected chi connectivity index (χ4v) is 2.38. The zero-order valence-electron chi connectivity index (χ0n) is 8.16. The van der Waals surface area contributed by atoms with Gasteiger partial charge in [-0.1, -0.05) is 19.8 Å². The van der Waals surface area contributed by atoms with E-state index in [9.17, 15) is 0 Å². The van der Waals surface area contributed by atoms with E-state index in [1.807, 2.05) is 0 Å². The third-order valence-electron chi connectivity index (χ3n) is 3.42. The Balaban J connectivity index is 2.01. The topological polar surface area (TPSA) is 38.7 Å². The molecule has 1 heterocycles. The van der Waals surface area contributed by atoms with E-state index >= 15 is 0 Å². The number of aliphatic hydroxyl groups excluding tert-OH is 1. The molecule has 3 atom stereocenters. The van der Waals surface area contributed by atoms with Gasteiger partial charge in [-0.15, -0.1) is 0 Å². The summed E-state index contributed by atoms with van der Waals surface area (Å²) in [6, 6.07) is 0. The molecule has 13 heavy (non-hydrogen) atoms. The van der Waals surface area contributed by atoms with Crippen LogP contribution in [-0.2, 0) is 9.47 Å². The average molecular weight is 186 g/mol. The lowest BCUT2D eigenvalue weighted by atomic mass is 9.76. The third-order valence-corrected chi connectivity index (χ3v) is 3.42. The lowest BCUT2D eigenvalue weighted by molar-refractivity contribution is -0.270. The summed E-state index contributed by atoms with van der Waals surface area (Å²) in [4.78, 5) is 0. The molecule has 1 saturated heterocycles. The van der Waals surface area contributed by atoms with E-state index in [1.165, 1.54) is 19.3 Å². The van der Waals surface area contributed by atoms with Crippen LogP contribution in [0.15, 0.2) is 0 Å². The Bertz CT molecular complexity index is 173. The molecule has 3 nitrogen and oxygen atoms in total. The molecule has 2 fully saturated rings. The number of ether oxygens (including phenoxy) is 2. The maximum Gasteiger partial charge on any atom is 0.178 e. The second-order valence-corrected chi connectivity index (χ2v) is 4.29. The van der Waals surface area contributed by atoms with Crippen molar-refractivity contribution in [2.24, 2.45) is 5.92 Å². The first-order chi connectivity index (χ1) is 6.23. The molecule has 0 radical (unpaired) electrons. The summed E-state index contributed by atoms with van der Waals surface area (Å²) in [5.41, 5.74) is -0.0858. The molecule has 0 aromatic carbocycles. The van der Waals surface area contributed by atoms with Crippen molar-refractivity contribution in [3.63, 3.8) is 0 Å². The monoisotopic (exact) mass is 186 g/mol. The fourth-order valence-electron chi connectivity index (χ4n) is 2.38. The second-order valence-electron chi connectivity index (χ2n) is 4.29. The maximum absolute atomic E-state index is 9.16. The van der Waals surface area contributed by atoms with Crippen LogP contribution in [0.1, 0.15) is 32.6 Å². The summed E-state index contributed by atoms with van der Waals surface area (Å²) in [7, 11) is 0. The molecule has 0 aromatic heterocycles. The van der Waals surface area contributed by atoms with Crippen LogP contribution in [0.4, 0.5) is 0 Å². The van der Waals surface area contributed by atoms with E-state index < -0.39 is 6.29 Å². The quantitative estimate of drug-likeness (QED) is 0.619. The van der Waals surface area contributed by atoms with Crippen molar-refractivity contribution in [1.29, 1.82) is 0 Å². The number of aliphatic hydroxyl groups is 1. The summed E-state index contributed by atoms with van der Waals surface area (Å²) in [5.74, 6) is 0.564. The highest BCUT2D eigenvalue weighted by molar-refractivity contribution is 4.91. The minimum Gasteiger partial charge on any atom is -0.367 e. The Morgan fingerprint density at radius 2 is 2.23 bits per heavy atom. The maximum atomic E-state index is 9.16. The number of hydrogen-bond donors (Lipinski definition) is 1. The van der Waals surface area contributed by atoms with E-state index in [-0.39, 0.29) is 5.60 Å². The minimum atomic E-state index is -0.709. The van der Waals surface area contributed by atoms with Gasteiger partial charge in [0.05, 0.1) is 18.8 Å². The third kappa shape index (κ3) is 1.73. The summed E-state index contributed by atoms with van der Waals surface area (Å²) in [5, 5.41) is 9.16. The smallest absolute Gasteiger partial charge is 0.178 e. The van der Waals surface area contributed by atoms with Gasteiger partial charge in [-0.25, -0.2) is 0 Å². The van der Waals surface area contributed by atoms with Gasteiger partial charge in [0.25, 0.3) is 0 Å². The molecule has 1 spiro atoms. The van der Waals surface area contributed by atoms with Crippen LogP contribution in [0.5, 0.6) is 0 Å². The molecule has 3 heteroatoms. The Labute approximate surface area is 79.0 Å². The Morgan fingerprint density at radius 3 is 2.85 bits per heavy atom. The molecular formula is C10H18O3. The van der Waals surface area contributed by atoms with Crippen molar-refractivity contribution >= 4 is 0 Å². The van der Waals surface area contributed by atoms with Crippen molar-refractivity contribution in [3.05, 3.63) is 0 Å². The molecule has 0 aromatic rings. The second kappa shape index (κ2) is 3.56. The summed E-state index contributed by atoms with van der Waals surface area (Å²) >= 11 is 0. The van der Waals surface area contributed by atoms with Crippen molar-refractivity contribution in [2.75, 3.05) is 13.2 Å². The molecule has 2 aliphatic rings. The minimum absolute atomic E-state index is 0.0858. The van der Waals surface area contributed by atoms with E-state index in [0.717, 1.165) is 6.42 Å². The van der Waals surface area contributed by atoms with Crippen LogP contribution in [0.2, 0.25) is 0 Å². The Kier molecular flexibility index (Phi) is 2.58. The van der Waals surface area contributed by atoms with Gasteiger partial charge < -0.3 is 14.6 Å². The van der Waals surface area contributed by atoms with E-state index in [4.69, 9.17) is 14.6 Å². The normalized spacial score (nSPS) is 46.6. The highest BCUT2D eigenvalue weighted by Crippen LogP contribution is 2.38. The molecule has 1 N–H and O–H groups in total. The number of rotatable bonds is 0. The summed E-state index contributed by atoms with van der Waals surface area (Å²) in [6.07, 6.45) is 4.12. The van der Waals surface area contributed by atoms with Gasteiger partial charge >= 0.3 is 0 Å². The predicted molar refractivity (Wildman–Crippen MR) is 48.3 cm³/mol. The van der Waals surface area contributed by atoms with Crippen LogP contribution in [0, 0.1) is 5.92 Å². The molecule has 76 valence electrons. The van der Waals surface area contributed by atoms with Gasteiger partial charge in [0, 0.05) is 0 Å². The zero-order chi connectivity index (χ0) is 9.31. The van der Waals surface area contributed by atoms with Crippen molar-refractivity contribution in [2.45, 2.75) is 44.5 Å². The van der Waals surface area contributed by atoms with Gasteiger partial charge in [0.1, 0.15) is 0 Å². The first kappa shape index (κ1) is 9.44. The van der Waals surface area contributed by atoms with E-state index in [0.29, 0.717) is 19.1 Å². The van der Waals surface area contributed by atoms with E-state index in [2.05, 4.69) is 6.92 Å². The lowest BCUT2D eigenvalue weighted by Crippen LogP contribution is -2.52. The van der Waals surface area contributed by atoms with Gasteiger partial charge in [-0.3, -0.25) is 0 Å². The molecule has 2 rings (SSSR count). The van der Waals surface area contributed by atoms with Crippen molar-refractivity contribution in [1.82, 2.24) is 0 Å². The van der Waals surface area contributed by atoms with Gasteiger partial charge in [-0.05, 0) is 18.8 Å². The van der Waals surface area contributed by atoms with Crippen LogP contribution in [0.3, 0.4) is 0 Å². The van der Waals surface area contributed by atoms with Crippen LogP contribution in [-0.4, -0.2) is 30.2 Å². The first-order valence-corrected chi connectivity index (χ1v) is 5.17. The summed E-state index contributed by atoms with van der Waals surface area (Å²) < 4.78 is 11.0. The van der Waals surface area contributed by atoms with Crippen LogP contribution < -0.4 is 0 Å².